The van der Waals surface area contributed by atoms with E-state index in [1.54, 1.807) is 11.8 Å². The molecule has 20 heavy (non-hydrogen) atoms. The average molecular weight is 302 g/mol. The summed E-state index contributed by atoms with van der Waals surface area (Å²) in [4.78, 5) is 1.55. The van der Waals surface area contributed by atoms with E-state index in [0.29, 0.717) is 4.99 Å². The molecule has 0 aliphatic heterocycles. The van der Waals surface area contributed by atoms with Gasteiger partial charge in [0.25, 0.3) is 0 Å². The highest BCUT2D eigenvalue weighted by atomic mass is 32.2. The summed E-state index contributed by atoms with van der Waals surface area (Å²) in [5, 5.41) is 3.41. The summed E-state index contributed by atoms with van der Waals surface area (Å²) in [7, 11) is 0. The van der Waals surface area contributed by atoms with Gasteiger partial charge >= 0.3 is 0 Å². The van der Waals surface area contributed by atoms with E-state index < -0.39 is 0 Å². The van der Waals surface area contributed by atoms with Crippen LogP contribution in [-0.4, -0.2) is 10.7 Å². The Morgan fingerprint density at radius 1 is 1.25 bits per heavy atom. The Morgan fingerprint density at radius 2 is 2.00 bits per heavy atom. The van der Waals surface area contributed by atoms with Gasteiger partial charge in [-0.3, -0.25) is 0 Å². The first-order chi connectivity index (χ1) is 9.61. The molecule has 0 aliphatic carbocycles. The molecule has 2 aromatic carbocycles. The van der Waals surface area contributed by atoms with Crippen molar-refractivity contribution in [2.45, 2.75) is 18.7 Å². The second kappa shape index (κ2) is 6.77. The minimum Gasteiger partial charge on any atom is -0.389 e. The number of anilines is 2. The minimum absolute atomic E-state index is 0.428. The summed E-state index contributed by atoms with van der Waals surface area (Å²) in [5.74, 6) is 0.990. The van der Waals surface area contributed by atoms with Crippen molar-refractivity contribution in [2.24, 2.45) is 5.73 Å². The zero-order chi connectivity index (χ0) is 14.5. The van der Waals surface area contributed by atoms with Crippen molar-refractivity contribution in [3.63, 3.8) is 0 Å². The van der Waals surface area contributed by atoms with Gasteiger partial charge in [0, 0.05) is 21.8 Å². The molecule has 0 radical (unpaired) electrons. The Kier molecular flexibility index (Phi) is 5.04. The fourth-order valence-electron chi connectivity index (χ4n) is 2.04. The van der Waals surface area contributed by atoms with Crippen molar-refractivity contribution in [1.82, 2.24) is 0 Å². The third-order valence-electron chi connectivity index (χ3n) is 2.87. The molecule has 2 rings (SSSR count). The lowest BCUT2D eigenvalue weighted by Crippen LogP contribution is -2.13. The van der Waals surface area contributed by atoms with Crippen molar-refractivity contribution in [2.75, 3.05) is 11.1 Å². The van der Waals surface area contributed by atoms with Gasteiger partial charge < -0.3 is 11.1 Å². The van der Waals surface area contributed by atoms with Crippen LogP contribution in [0.5, 0.6) is 0 Å². The number of hydrogen-bond acceptors (Lipinski definition) is 3. The molecule has 0 bridgehead atoms. The molecule has 0 fully saturated rings. The normalized spacial score (nSPS) is 10.3. The second-order valence-electron chi connectivity index (χ2n) is 4.47. The molecule has 0 saturated heterocycles. The molecule has 3 N–H and O–H groups in total. The van der Waals surface area contributed by atoms with Gasteiger partial charge in [-0.25, -0.2) is 0 Å². The monoisotopic (exact) mass is 302 g/mol. The van der Waals surface area contributed by atoms with Crippen molar-refractivity contribution >= 4 is 40.3 Å². The molecule has 104 valence electrons. The number of thiocarbonyl (C=S) groups is 1. The molecule has 2 aromatic rings. The Hall–Kier alpha value is -1.52. The first-order valence-electron chi connectivity index (χ1n) is 6.51. The van der Waals surface area contributed by atoms with E-state index in [9.17, 15) is 0 Å². The summed E-state index contributed by atoms with van der Waals surface area (Å²) in [6.45, 7) is 4.19. The molecule has 0 atom stereocenters. The topological polar surface area (TPSA) is 38.0 Å². The summed E-state index contributed by atoms with van der Waals surface area (Å²) in [5.41, 5.74) is 10.1. The average Bonchev–Trinajstić information content (AvgIpc) is 2.39. The fourth-order valence-corrected chi connectivity index (χ4v) is 3.18. The van der Waals surface area contributed by atoms with E-state index in [4.69, 9.17) is 18.0 Å². The molecule has 0 unspecified atom stereocenters. The van der Waals surface area contributed by atoms with Gasteiger partial charge in [0.1, 0.15) is 4.99 Å². The van der Waals surface area contributed by atoms with Gasteiger partial charge in [-0.05, 0) is 42.5 Å². The van der Waals surface area contributed by atoms with Gasteiger partial charge in [-0.1, -0.05) is 37.3 Å². The van der Waals surface area contributed by atoms with Gasteiger partial charge in [-0.2, -0.15) is 0 Å². The molecular formula is C16H18N2S2. The van der Waals surface area contributed by atoms with Crippen LogP contribution in [0.2, 0.25) is 0 Å². The van der Waals surface area contributed by atoms with Crippen LogP contribution in [0.15, 0.2) is 47.4 Å². The van der Waals surface area contributed by atoms with Crippen molar-refractivity contribution in [1.29, 1.82) is 0 Å². The van der Waals surface area contributed by atoms with E-state index in [1.165, 1.54) is 5.56 Å². The zero-order valence-corrected chi connectivity index (χ0v) is 13.3. The number of thioether (sulfide) groups is 1. The van der Waals surface area contributed by atoms with Gasteiger partial charge in [0.15, 0.2) is 0 Å². The lowest BCUT2D eigenvalue weighted by molar-refractivity contribution is 1.37. The number of hydrogen-bond donors (Lipinski definition) is 2. The summed E-state index contributed by atoms with van der Waals surface area (Å²) in [6.07, 6.45) is 0. The van der Waals surface area contributed by atoms with Crippen LogP contribution in [0.25, 0.3) is 0 Å². The van der Waals surface area contributed by atoms with E-state index in [2.05, 4.69) is 37.4 Å². The Balaban J connectivity index is 2.40. The Bertz CT molecular complexity index is 624. The largest absolute Gasteiger partial charge is 0.389 e. The van der Waals surface area contributed by atoms with Gasteiger partial charge in [0.2, 0.25) is 0 Å². The molecule has 0 aliphatic rings. The highest BCUT2D eigenvalue weighted by molar-refractivity contribution is 7.99. The van der Waals surface area contributed by atoms with E-state index in [-0.39, 0.29) is 0 Å². The highest BCUT2D eigenvalue weighted by Gasteiger charge is 2.11. The van der Waals surface area contributed by atoms with E-state index in [1.807, 2.05) is 24.3 Å². The lowest BCUT2D eigenvalue weighted by atomic mass is 10.1. The number of nitrogens with two attached hydrogens (primary N) is 1. The SMILES string of the molecule is CCSc1cccc(Nc2cccc(C)c2)c1C(N)=S. The van der Waals surface area contributed by atoms with Gasteiger partial charge in [-0.15, -0.1) is 11.8 Å². The first-order valence-corrected chi connectivity index (χ1v) is 7.90. The van der Waals surface area contributed by atoms with Crippen LogP contribution in [0.1, 0.15) is 18.1 Å². The quantitative estimate of drug-likeness (QED) is 0.630. The summed E-state index contributed by atoms with van der Waals surface area (Å²) < 4.78 is 0. The maximum Gasteiger partial charge on any atom is 0.107 e. The fraction of sp³-hybridized carbons (Fsp3) is 0.188. The predicted octanol–water partition coefficient (Wildman–Crippen LogP) is 4.48. The van der Waals surface area contributed by atoms with Crippen LogP contribution < -0.4 is 11.1 Å². The van der Waals surface area contributed by atoms with Crippen LogP contribution >= 0.6 is 24.0 Å². The van der Waals surface area contributed by atoms with Crippen LogP contribution in [0.3, 0.4) is 0 Å². The summed E-state index contributed by atoms with van der Waals surface area (Å²) in [6, 6.07) is 14.3. The van der Waals surface area contributed by atoms with Crippen LogP contribution in [0, 0.1) is 6.92 Å². The van der Waals surface area contributed by atoms with Crippen LogP contribution in [0.4, 0.5) is 11.4 Å². The molecular weight excluding hydrogens is 284 g/mol. The summed E-state index contributed by atoms with van der Waals surface area (Å²) >= 11 is 6.97. The molecule has 0 amide bonds. The highest BCUT2D eigenvalue weighted by Crippen LogP contribution is 2.30. The number of rotatable bonds is 5. The Labute approximate surface area is 129 Å². The third-order valence-corrected chi connectivity index (χ3v) is 4.01. The van der Waals surface area contributed by atoms with E-state index >= 15 is 0 Å². The molecule has 0 aromatic heterocycles. The maximum atomic E-state index is 5.91. The predicted molar refractivity (Wildman–Crippen MR) is 93.2 cm³/mol. The standard InChI is InChI=1S/C16H18N2S2/c1-3-20-14-9-5-8-13(15(14)16(17)19)18-12-7-4-6-11(2)10-12/h4-10,18H,3H2,1-2H3,(H2,17,19). The second-order valence-corrected chi connectivity index (χ2v) is 6.22. The van der Waals surface area contributed by atoms with Gasteiger partial charge in [0.05, 0.1) is 0 Å². The first kappa shape index (κ1) is 14.9. The number of benzene rings is 2. The Morgan fingerprint density at radius 3 is 2.65 bits per heavy atom. The molecule has 0 heterocycles. The third kappa shape index (κ3) is 3.52. The van der Waals surface area contributed by atoms with Crippen molar-refractivity contribution in [3.05, 3.63) is 53.6 Å². The smallest absolute Gasteiger partial charge is 0.107 e. The molecule has 0 spiro atoms. The lowest BCUT2D eigenvalue weighted by Gasteiger charge is -2.15. The number of nitrogens with one attached hydrogen (secondary N) is 1. The van der Waals surface area contributed by atoms with Crippen LogP contribution in [-0.2, 0) is 0 Å². The number of aryl methyl sites for hydroxylation is 1. The van der Waals surface area contributed by atoms with E-state index in [0.717, 1.165) is 27.6 Å². The van der Waals surface area contributed by atoms with Crippen molar-refractivity contribution in [3.8, 4) is 0 Å². The zero-order valence-electron chi connectivity index (χ0n) is 11.6. The molecule has 4 heteroatoms. The minimum atomic E-state index is 0.428. The maximum absolute atomic E-state index is 5.91. The molecule has 2 nitrogen and oxygen atoms in total. The van der Waals surface area contributed by atoms with Crippen molar-refractivity contribution < 1.29 is 0 Å². The molecule has 0 saturated carbocycles.